The van der Waals surface area contributed by atoms with Crippen LogP contribution in [-0.4, -0.2) is 34.3 Å². The topological polar surface area (TPSA) is 74.3 Å². The Morgan fingerprint density at radius 1 is 1.00 bits per heavy atom. The van der Waals surface area contributed by atoms with Gasteiger partial charge in [0.15, 0.2) is 0 Å². The van der Waals surface area contributed by atoms with Crippen molar-refractivity contribution in [1.29, 1.82) is 0 Å². The quantitative estimate of drug-likeness (QED) is 0.578. The number of hydrogen-bond acceptors (Lipinski definition) is 4. The van der Waals surface area contributed by atoms with E-state index in [1.165, 1.54) is 24.3 Å². The fourth-order valence-corrected chi connectivity index (χ4v) is 3.38. The van der Waals surface area contributed by atoms with Crippen molar-refractivity contribution >= 4 is 23.2 Å². The van der Waals surface area contributed by atoms with E-state index in [4.69, 9.17) is 0 Å². The third kappa shape index (κ3) is 5.73. The lowest BCUT2D eigenvalue weighted by Crippen LogP contribution is -2.35. The fourth-order valence-electron chi connectivity index (χ4n) is 3.38. The van der Waals surface area contributed by atoms with E-state index in [0.29, 0.717) is 29.5 Å². The molecule has 0 saturated heterocycles. The first kappa shape index (κ1) is 20.7. The van der Waals surface area contributed by atoms with E-state index >= 15 is 0 Å². The Labute approximate surface area is 180 Å². The standard InChI is InChI=1S/C24H23FN4O2/c25-18-7-9-19(10-8-18)27-24(31)21-5-1-2-6-22(21)28-23(30)16-29(20-11-12-20)15-17-4-3-13-26-14-17/h1-10,13-14,20H,11-12,15-16H2,(H,27,31)(H,28,30). The van der Waals surface area contributed by atoms with Crippen LogP contribution in [0.5, 0.6) is 0 Å². The average Bonchev–Trinajstić information content (AvgIpc) is 3.61. The number of halogens is 1. The zero-order chi connectivity index (χ0) is 21.6. The Morgan fingerprint density at radius 3 is 2.48 bits per heavy atom. The lowest BCUT2D eigenvalue weighted by molar-refractivity contribution is -0.117. The maximum atomic E-state index is 13.1. The molecule has 0 bridgehead atoms. The van der Waals surface area contributed by atoms with Gasteiger partial charge >= 0.3 is 0 Å². The Morgan fingerprint density at radius 2 is 1.77 bits per heavy atom. The second-order valence-corrected chi connectivity index (χ2v) is 7.55. The van der Waals surface area contributed by atoms with Gasteiger partial charge in [-0.05, 0) is 60.9 Å². The van der Waals surface area contributed by atoms with Gasteiger partial charge in [-0.2, -0.15) is 0 Å². The van der Waals surface area contributed by atoms with Crippen LogP contribution in [0.4, 0.5) is 15.8 Å². The van der Waals surface area contributed by atoms with Crippen molar-refractivity contribution in [3.63, 3.8) is 0 Å². The minimum atomic E-state index is -0.378. The van der Waals surface area contributed by atoms with Crippen molar-refractivity contribution in [2.45, 2.75) is 25.4 Å². The summed E-state index contributed by atoms with van der Waals surface area (Å²) in [6.45, 7) is 0.881. The Bertz CT molecular complexity index is 1050. The molecule has 7 heteroatoms. The van der Waals surface area contributed by atoms with Gasteiger partial charge in [-0.1, -0.05) is 18.2 Å². The summed E-state index contributed by atoms with van der Waals surface area (Å²) in [5.41, 5.74) is 2.31. The molecular formula is C24H23FN4O2. The molecule has 2 amide bonds. The molecule has 0 atom stereocenters. The first-order chi connectivity index (χ1) is 15.1. The Balaban J connectivity index is 1.42. The summed E-state index contributed by atoms with van der Waals surface area (Å²) in [6.07, 6.45) is 5.68. The van der Waals surface area contributed by atoms with Gasteiger partial charge in [0.1, 0.15) is 5.82 Å². The molecule has 1 aliphatic rings. The van der Waals surface area contributed by atoms with Crippen LogP contribution in [-0.2, 0) is 11.3 Å². The van der Waals surface area contributed by atoms with Gasteiger partial charge in [0.25, 0.3) is 5.91 Å². The molecule has 0 aliphatic heterocycles. The van der Waals surface area contributed by atoms with E-state index in [2.05, 4.69) is 20.5 Å². The third-order valence-electron chi connectivity index (χ3n) is 5.07. The van der Waals surface area contributed by atoms with E-state index < -0.39 is 0 Å². The van der Waals surface area contributed by atoms with Crippen LogP contribution in [0.15, 0.2) is 73.1 Å². The fraction of sp³-hybridized carbons (Fsp3) is 0.208. The highest BCUT2D eigenvalue weighted by molar-refractivity contribution is 6.10. The zero-order valence-electron chi connectivity index (χ0n) is 16.9. The number of nitrogens with zero attached hydrogens (tertiary/aromatic N) is 2. The molecule has 0 radical (unpaired) electrons. The lowest BCUT2D eigenvalue weighted by atomic mass is 10.1. The van der Waals surface area contributed by atoms with Crippen LogP contribution in [0.1, 0.15) is 28.8 Å². The Kier molecular flexibility index (Phi) is 6.33. The van der Waals surface area contributed by atoms with Crippen molar-refractivity contribution < 1.29 is 14.0 Å². The molecule has 3 aromatic rings. The van der Waals surface area contributed by atoms with Crippen LogP contribution < -0.4 is 10.6 Å². The van der Waals surface area contributed by atoms with E-state index in [9.17, 15) is 14.0 Å². The summed E-state index contributed by atoms with van der Waals surface area (Å²) in [5, 5.41) is 5.59. The monoisotopic (exact) mass is 418 g/mol. The van der Waals surface area contributed by atoms with Gasteiger partial charge in [0.05, 0.1) is 17.8 Å². The SMILES string of the molecule is O=C(CN(Cc1cccnc1)C1CC1)Nc1ccccc1C(=O)Nc1ccc(F)cc1. The van der Waals surface area contributed by atoms with E-state index in [1.807, 2.05) is 18.3 Å². The number of benzene rings is 2. The van der Waals surface area contributed by atoms with E-state index in [1.54, 1.807) is 30.5 Å². The predicted molar refractivity (Wildman–Crippen MR) is 117 cm³/mol. The normalized spacial score (nSPS) is 13.1. The summed E-state index contributed by atoms with van der Waals surface area (Å²) >= 11 is 0. The number of carbonyl (C=O) groups excluding carboxylic acids is 2. The molecule has 0 spiro atoms. The maximum Gasteiger partial charge on any atom is 0.257 e. The molecular weight excluding hydrogens is 395 g/mol. The molecule has 6 nitrogen and oxygen atoms in total. The molecule has 2 N–H and O–H groups in total. The highest BCUT2D eigenvalue weighted by atomic mass is 19.1. The molecule has 1 saturated carbocycles. The molecule has 31 heavy (non-hydrogen) atoms. The summed E-state index contributed by atoms with van der Waals surface area (Å²) in [5.74, 6) is -0.938. The van der Waals surface area contributed by atoms with Crippen LogP contribution >= 0.6 is 0 Å². The van der Waals surface area contributed by atoms with Gasteiger partial charge < -0.3 is 10.6 Å². The number of para-hydroxylation sites is 1. The zero-order valence-corrected chi connectivity index (χ0v) is 16.9. The van der Waals surface area contributed by atoms with Crippen molar-refractivity contribution in [2.24, 2.45) is 0 Å². The van der Waals surface area contributed by atoms with Gasteiger partial charge in [0, 0.05) is 30.7 Å². The molecule has 2 aromatic carbocycles. The molecule has 0 unspecified atom stereocenters. The number of hydrogen-bond donors (Lipinski definition) is 2. The van der Waals surface area contributed by atoms with E-state index in [-0.39, 0.29) is 24.2 Å². The highest BCUT2D eigenvalue weighted by Gasteiger charge is 2.30. The summed E-state index contributed by atoms with van der Waals surface area (Å²) < 4.78 is 13.1. The second-order valence-electron chi connectivity index (χ2n) is 7.55. The van der Waals surface area contributed by atoms with Crippen molar-refractivity contribution in [2.75, 3.05) is 17.2 Å². The smallest absolute Gasteiger partial charge is 0.257 e. The van der Waals surface area contributed by atoms with Crippen molar-refractivity contribution in [3.8, 4) is 0 Å². The number of pyridine rings is 1. The van der Waals surface area contributed by atoms with Gasteiger partial charge in [-0.15, -0.1) is 0 Å². The van der Waals surface area contributed by atoms with Crippen LogP contribution in [0.3, 0.4) is 0 Å². The number of anilines is 2. The van der Waals surface area contributed by atoms with Crippen molar-refractivity contribution in [1.82, 2.24) is 9.88 Å². The summed E-state index contributed by atoms with van der Waals surface area (Å²) in [7, 11) is 0. The minimum Gasteiger partial charge on any atom is -0.324 e. The summed E-state index contributed by atoms with van der Waals surface area (Å²) in [4.78, 5) is 31.8. The van der Waals surface area contributed by atoms with Crippen LogP contribution in [0.25, 0.3) is 0 Å². The lowest BCUT2D eigenvalue weighted by Gasteiger charge is -2.21. The second kappa shape index (κ2) is 9.49. The number of nitrogens with one attached hydrogen (secondary N) is 2. The van der Waals surface area contributed by atoms with Crippen LogP contribution in [0, 0.1) is 5.82 Å². The van der Waals surface area contributed by atoms with Gasteiger partial charge in [-0.25, -0.2) is 4.39 Å². The van der Waals surface area contributed by atoms with Gasteiger partial charge in [-0.3, -0.25) is 19.5 Å². The molecule has 1 aromatic heterocycles. The Hall–Kier alpha value is -3.58. The molecule has 1 aliphatic carbocycles. The van der Waals surface area contributed by atoms with Gasteiger partial charge in [0.2, 0.25) is 5.91 Å². The largest absolute Gasteiger partial charge is 0.324 e. The molecule has 158 valence electrons. The number of carbonyl (C=O) groups is 2. The molecule has 1 fully saturated rings. The minimum absolute atomic E-state index is 0.183. The highest BCUT2D eigenvalue weighted by Crippen LogP contribution is 2.28. The van der Waals surface area contributed by atoms with Crippen LogP contribution in [0.2, 0.25) is 0 Å². The third-order valence-corrected chi connectivity index (χ3v) is 5.07. The number of amides is 2. The van der Waals surface area contributed by atoms with Crippen molar-refractivity contribution in [3.05, 3.63) is 90.0 Å². The number of rotatable bonds is 8. The first-order valence-electron chi connectivity index (χ1n) is 10.2. The first-order valence-corrected chi connectivity index (χ1v) is 10.2. The molecule has 4 rings (SSSR count). The average molecular weight is 418 g/mol. The summed E-state index contributed by atoms with van der Waals surface area (Å²) in [6, 6.07) is 16.6. The maximum absolute atomic E-state index is 13.1. The van der Waals surface area contributed by atoms with E-state index in [0.717, 1.165) is 18.4 Å². The molecule has 1 heterocycles. The predicted octanol–water partition coefficient (Wildman–Crippen LogP) is 4.08. The number of aromatic nitrogens is 1.